The summed E-state index contributed by atoms with van der Waals surface area (Å²) in [6.45, 7) is 4.08. The van der Waals surface area contributed by atoms with Gasteiger partial charge in [-0.05, 0) is 84.5 Å². The van der Waals surface area contributed by atoms with Crippen molar-refractivity contribution in [1.29, 1.82) is 0 Å². The van der Waals surface area contributed by atoms with Crippen LogP contribution in [0.4, 0.5) is 14.5 Å². The number of nitrogens with one attached hydrogen (secondary N) is 1. The van der Waals surface area contributed by atoms with E-state index in [1.54, 1.807) is 11.8 Å². The lowest BCUT2D eigenvalue weighted by Crippen LogP contribution is -2.14. The SMILES string of the molecule is CCSc1ccc(CC(=O)Nc2ccc(-c3nc4ccc(C)cc4n3Cc3c(F)cccc3F)cc2)cc1. The maximum atomic E-state index is 14.5. The highest BCUT2D eigenvalue weighted by Crippen LogP contribution is 2.29. The Bertz CT molecular complexity index is 1570. The van der Waals surface area contributed by atoms with Crippen molar-refractivity contribution < 1.29 is 13.6 Å². The second-order valence-corrected chi connectivity index (χ2v) is 10.4. The van der Waals surface area contributed by atoms with Crippen LogP contribution in [0.2, 0.25) is 0 Å². The maximum absolute atomic E-state index is 14.5. The summed E-state index contributed by atoms with van der Waals surface area (Å²) in [4.78, 5) is 18.6. The molecule has 0 bridgehead atoms. The molecular formula is C31H27F2N3OS. The Hall–Kier alpha value is -3.97. The number of anilines is 1. The molecule has 4 nitrogen and oxygen atoms in total. The first-order valence-electron chi connectivity index (χ1n) is 12.4. The van der Waals surface area contributed by atoms with E-state index in [0.29, 0.717) is 11.5 Å². The Balaban J connectivity index is 1.39. The summed E-state index contributed by atoms with van der Waals surface area (Å²) in [6.07, 6.45) is 0.280. The number of carbonyl (C=O) groups is 1. The van der Waals surface area contributed by atoms with Gasteiger partial charge in [-0.25, -0.2) is 13.8 Å². The van der Waals surface area contributed by atoms with Gasteiger partial charge in [-0.3, -0.25) is 4.79 Å². The molecular weight excluding hydrogens is 500 g/mol. The maximum Gasteiger partial charge on any atom is 0.228 e. The lowest BCUT2D eigenvalue weighted by atomic mass is 10.1. The summed E-state index contributed by atoms with van der Waals surface area (Å²) >= 11 is 1.76. The average Bonchev–Trinajstić information content (AvgIpc) is 3.25. The minimum atomic E-state index is -0.595. The Morgan fingerprint density at radius 3 is 2.34 bits per heavy atom. The monoisotopic (exact) mass is 527 g/mol. The van der Waals surface area contributed by atoms with Crippen LogP contribution >= 0.6 is 11.8 Å². The second kappa shape index (κ2) is 11.2. The molecule has 38 heavy (non-hydrogen) atoms. The molecule has 0 radical (unpaired) electrons. The van der Waals surface area contributed by atoms with E-state index in [-0.39, 0.29) is 24.4 Å². The van der Waals surface area contributed by atoms with E-state index in [9.17, 15) is 13.6 Å². The minimum absolute atomic E-state index is 0.00182. The molecule has 5 aromatic rings. The molecule has 0 unspecified atom stereocenters. The Morgan fingerprint density at radius 2 is 1.66 bits per heavy atom. The van der Waals surface area contributed by atoms with Crippen LogP contribution in [-0.4, -0.2) is 21.2 Å². The molecule has 1 aromatic heterocycles. The van der Waals surface area contributed by atoms with E-state index >= 15 is 0 Å². The first kappa shape index (κ1) is 25.7. The molecule has 192 valence electrons. The molecule has 0 saturated heterocycles. The van der Waals surface area contributed by atoms with E-state index in [1.807, 2.05) is 78.2 Å². The summed E-state index contributed by atoms with van der Waals surface area (Å²) in [6, 6.07) is 25.1. The molecule has 0 aliphatic rings. The van der Waals surface area contributed by atoms with Crippen LogP contribution in [0.15, 0.2) is 89.8 Å². The fraction of sp³-hybridized carbons (Fsp3) is 0.161. The molecule has 0 saturated carbocycles. The van der Waals surface area contributed by atoms with Gasteiger partial charge in [0.05, 0.1) is 24.0 Å². The first-order valence-corrected chi connectivity index (χ1v) is 13.4. The number of thioether (sulfide) groups is 1. The molecule has 0 aliphatic heterocycles. The van der Waals surface area contributed by atoms with Gasteiger partial charge in [0.25, 0.3) is 0 Å². The molecule has 4 aromatic carbocycles. The number of imidazole rings is 1. The molecule has 0 aliphatic carbocycles. The van der Waals surface area contributed by atoms with Crippen molar-refractivity contribution in [2.45, 2.75) is 31.7 Å². The molecule has 1 N–H and O–H groups in total. The molecule has 0 spiro atoms. The predicted octanol–water partition coefficient (Wildman–Crippen LogP) is 7.63. The third-order valence-electron chi connectivity index (χ3n) is 6.31. The van der Waals surface area contributed by atoms with Gasteiger partial charge in [0, 0.05) is 21.7 Å². The largest absolute Gasteiger partial charge is 0.326 e. The number of aryl methyl sites for hydroxylation is 1. The molecule has 5 rings (SSSR count). The Kier molecular flexibility index (Phi) is 7.56. The number of nitrogens with zero attached hydrogens (tertiary/aromatic N) is 2. The smallest absolute Gasteiger partial charge is 0.228 e. The number of carbonyl (C=O) groups excluding carboxylic acids is 1. The molecule has 0 fully saturated rings. The highest BCUT2D eigenvalue weighted by molar-refractivity contribution is 7.99. The van der Waals surface area contributed by atoms with Crippen LogP contribution in [0.25, 0.3) is 22.4 Å². The van der Waals surface area contributed by atoms with Gasteiger partial charge in [0.1, 0.15) is 17.5 Å². The van der Waals surface area contributed by atoms with Crippen molar-refractivity contribution in [3.63, 3.8) is 0 Å². The Labute approximate surface area is 224 Å². The quantitative estimate of drug-likeness (QED) is 0.211. The van der Waals surface area contributed by atoms with E-state index < -0.39 is 11.6 Å². The number of hydrogen-bond donors (Lipinski definition) is 1. The summed E-state index contributed by atoms with van der Waals surface area (Å²) in [5.74, 6) is 0.304. The van der Waals surface area contributed by atoms with Crippen LogP contribution < -0.4 is 5.32 Å². The summed E-state index contributed by atoms with van der Waals surface area (Å²) in [5, 5.41) is 2.94. The van der Waals surface area contributed by atoms with E-state index in [0.717, 1.165) is 33.5 Å². The summed E-state index contributed by atoms with van der Waals surface area (Å²) < 4.78 is 30.9. The van der Waals surface area contributed by atoms with Crippen LogP contribution in [0, 0.1) is 18.6 Å². The minimum Gasteiger partial charge on any atom is -0.326 e. The fourth-order valence-electron chi connectivity index (χ4n) is 4.42. The number of benzene rings is 4. The highest BCUT2D eigenvalue weighted by atomic mass is 32.2. The Morgan fingerprint density at radius 1 is 0.947 bits per heavy atom. The van der Waals surface area contributed by atoms with Crippen LogP contribution in [0.3, 0.4) is 0 Å². The van der Waals surface area contributed by atoms with Crippen molar-refractivity contribution in [1.82, 2.24) is 9.55 Å². The predicted molar refractivity (Wildman–Crippen MR) is 151 cm³/mol. The van der Waals surface area contributed by atoms with Gasteiger partial charge >= 0.3 is 0 Å². The molecule has 0 atom stereocenters. The van der Waals surface area contributed by atoms with Crippen molar-refractivity contribution in [3.8, 4) is 11.4 Å². The van der Waals surface area contributed by atoms with Gasteiger partial charge in [-0.1, -0.05) is 31.2 Å². The zero-order valence-electron chi connectivity index (χ0n) is 21.2. The third-order valence-corrected chi connectivity index (χ3v) is 7.20. The zero-order chi connectivity index (χ0) is 26.6. The van der Waals surface area contributed by atoms with Gasteiger partial charge in [-0.2, -0.15) is 0 Å². The van der Waals surface area contributed by atoms with Crippen LogP contribution in [-0.2, 0) is 17.8 Å². The number of hydrogen-bond acceptors (Lipinski definition) is 3. The normalized spacial score (nSPS) is 11.2. The first-order chi connectivity index (χ1) is 18.4. The van der Waals surface area contributed by atoms with Gasteiger partial charge < -0.3 is 9.88 Å². The zero-order valence-corrected chi connectivity index (χ0v) is 22.0. The molecule has 1 heterocycles. The van der Waals surface area contributed by atoms with Crippen molar-refractivity contribution in [2.24, 2.45) is 0 Å². The van der Waals surface area contributed by atoms with Crippen LogP contribution in [0.5, 0.6) is 0 Å². The third kappa shape index (κ3) is 5.63. The second-order valence-electron chi connectivity index (χ2n) is 9.09. The molecule has 1 amide bonds. The summed E-state index contributed by atoms with van der Waals surface area (Å²) in [7, 11) is 0. The topological polar surface area (TPSA) is 46.9 Å². The van der Waals surface area contributed by atoms with Gasteiger partial charge in [0.2, 0.25) is 5.91 Å². The number of rotatable bonds is 8. The van der Waals surface area contributed by atoms with Crippen molar-refractivity contribution in [2.75, 3.05) is 11.1 Å². The standard InChI is InChI=1S/C31H27F2N3OS/c1-3-38-24-14-8-21(9-15-24)18-30(37)34-23-12-10-22(11-13-23)31-35-28-16-7-20(2)17-29(28)36(31)19-25-26(32)5-4-6-27(25)33/h4-17H,3,18-19H2,1-2H3,(H,34,37). The van der Waals surface area contributed by atoms with E-state index in [2.05, 4.69) is 12.2 Å². The highest BCUT2D eigenvalue weighted by Gasteiger charge is 2.17. The average molecular weight is 528 g/mol. The number of halogens is 2. The number of aromatic nitrogens is 2. The van der Waals surface area contributed by atoms with Crippen LogP contribution in [0.1, 0.15) is 23.6 Å². The number of amides is 1. The molecule has 7 heteroatoms. The van der Waals surface area contributed by atoms with Crippen molar-refractivity contribution in [3.05, 3.63) is 113 Å². The van der Waals surface area contributed by atoms with Gasteiger partial charge in [-0.15, -0.1) is 11.8 Å². The lowest BCUT2D eigenvalue weighted by Gasteiger charge is -2.12. The van der Waals surface area contributed by atoms with Crippen molar-refractivity contribution >= 4 is 34.4 Å². The van der Waals surface area contributed by atoms with E-state index in [4.69, 9.17) is 4.98 Å². The summed E-state index contributed by atoms with van der Waals surface area (Å²) in [5.41, 5.74) is 4.93. The van der Waals surface area contributed by atoms with Gasteiger partial charge in [0.15, 0.2) is 0 Å². The lowest BCUT2D eigenvalue weighted by molar-refractivity contribution is -0.115. The fourth-order valence-corrected chi connectivity index (χ4v) is 5.08. The number of fused-ring (bicyclic) bond motifs is 1. The van der Waals surface area contributed by atoms with E-state index in [1.165, 1.54) is 23.1 Å².